The van der Waals surface area contributed by atoms with E-state index < -0.39 is 11.7 Å². The molecule has 0 aliphatic heterocycles. The molecular formula is C12H13F3N4S. The molecule has 108 valence electrons. The molecule has 0 saturated heterocycles. The molecular weight excluding hydrogens is 289 g/mol. The van der Waals surface area contributed by atoms with Gasteiger partial charge in [-0.15, -0.1) is 11.3 Å². The third kappa shape index (κ3) is 3.83. The van der Waals surface area contributed by atoms with Crippen LogP contribution in [0.3, 0.4) is 0 Å². The van der Waals surface area contributed by atoms with Crippen LogP contribution in [0.2, 0.25) is 0 Å². The van der Waals surface area contributed by atoms with Gasteiger partial charge >= 0.3 is 6.18 Å². The molecule has 20 heavy (non-hydrogen) atoms. The number of rotatable bonds is 4. The number of hydrogen-bond acceptors (Lipinski definition) is 5. The molecule has 2 heterocycles. The minimum absolute atomic E-state index is 0.116. The summed E-state index contributed by atoms with van der Waals surface area (Å²) in [4.78, 5) is 8.10. The van der Waals surface area contributed by atoms with Gasteiger partial charge in [0.05, 0.1) is 10.6 Å². The standard InChI is InChI=1S/C12H13F3N4S/c1-7-6-20-11(18-7)2-3-17-10-5-8(12(13,14)15)4-9(16)19-10/h4-6H,2-3H2,1H3,(H3,16,17,19). The first kappa shape index (κ1) is 14.6. The van der Waals surface area contributed by atoms with E-state index in [4.69, 9.17) is 5.73 Å². The van der Waals surface area contributed by atoms with Gasteiger partial charge in [-0.25, -0.2) is 9.97 Å². The molecule has 8 heteroatoms. The normalized spacial score (nSPS) is 11.6. The second-order valence-electron chi connectivity index (χ2n) is 4.22. The molecule has 2 rings (SSSR count). The van der Waals surface area contributed by atoms with Crippen LogP contribution in [0.4, 0.5) is 24.8 Å². The van der Waals surface area contributed by atoms with Crippen LogP contribution >= 0.6 is 11.3 Å². The maximum Gasteiger partial charge on any atom is 0.416 e. The quantitative estimate of drug-likeness (QED) is 0.911. The van der Waals surface area contributed by atoms with Crippen molar-refractivity contribution in [2.75, 3.05) is 17.6 Å². The number of pyridine rings is 1. The van der Waals surface area contributed by atoms with Crippen LogP contribution in [0, 0.1) is 6.92 Å². The van der Waals surface area contributed by atoms with Gasteiger partial charge in [0.1, 0.15) is 11.6 Å². The lowest BCUT2D eigenvalue weighted by molar-refractivity contribution is -0.137. The third-order valence-corrected chi connectivity index (χ3v) is 3.51. The maximum atomic E-state index is 12.6. The number of aromatic nitrogens is 2. The fraction of sp³-hybridized carbons (Fsp3) is 0.333. The zero-order chi connectivity index (χ0) is 14.8. The van der Waals surface area contributed by atoms with E-state index >= 15 is 0 Å². The Balaban J connectivity index is 2.00. The number of nitrogen functional groups attached to an aromatic ring is 1. The van der Waals surface area contributed by atoms with Gasteiger partial charge in [0.15, 0.2) is 0 Å². The van der Waals surface area contributed by atoms with Crippen molar-refractivity contribution in [1.82, 2.24) is 9.97 Å². The minimum Gasteiger partial charge on any atom is -0.384 e. The smallest absolute Gasteiger partial charge is 0.384 e. The van der Waals surface area contributed by atoms with E-state index in [0.29, 0.717) is 13.0 Å². The zero-order valence-electron chi connectivity index (χ0n) is 10.7. The predicted octanol–water partition coefficient (Wildman–Crippen LogP) is 3.10. The van der Waals surface area contributed by atoms with Crippen molar-refractivity contribution >= 4 is 23.0 Å². The molecule has 2 aromatic rings. The zero-order valence-corrected chi connectivity index (χ0v) is 11.5. The first-order chi connectivity index (χ1) is 9.34. The molecule has 3 N–H and O–H groups in total. The van der Waals surface area contributed by atoms with Crippen molar-refractivity contribution in [2.45, 2.75) is 19.5 Å². The number of alkyl halides is 3. The molecule has 0 atom stereocenters. The summed E-state index contributed by atoms with van der Waals surface area (Å²) in [5, 5.41) is 5.68. The lowest BCUT2D eigenvalue weighted by Crippen LogP contribution is -2.11. The Morgan fingerprint density at radius 1 is 1.30 bits per heavy atom. The minimum atomic E-state index is -4.43. The molecule has 2 aromatic heterocycles. The Labute approximate surface area is 117 Å². The predicted molar refractivity (Wildman–Crippen MR) is 72.7 cm³/mol. The number of anilines is 2. The highest BCUT2D eigenvalue weighted by molar-refractivity contribution is 7.09. The van der Waals surface area contributed by atoms with Gasteiger partial charge in [0.2, 0.25) is 0 Å². The number of hydrogen-bond donors (Lipinski definition) is 2. The van der Waals surface area contributed by atoms with Crippen LogP contribution in [-0.4, -0.2) is 16.5 Å². The van der Waals surface area contributed by atoms with Crippen LogP contribution in [0.25, 0.3) is 0 Å². The van der Waals surface area contributed by atoms with Gasteiger partial charge in [0.25, 0.3) is 0 Å². The van der Waals surface area contributed by atoms with Gasteiger partial charge in [-0.3, -0.25) is 0 Å². The van der Waals surface area contributed by atoms with Crippen LogP contribution in [0.1, 0.15) is 16.3 Å². The van der Waals surface area contributed by atoms with E-state index in [1.165, 1.54) is 11.3 Å². The average Bonchev–Trinajstić information content (AvgIpc) is 2.73. The largest absolute Gasteiger partial charge is 0.416 e. The van der Waals surface area contributed by atoms with E-state index in [9.17, 15) is 13.2 Å². The van der Waals surface area contributed by atoms with Crippen LogP contribution < -0.4 is 11.1 Å². The summed E-state index contributed by atoms with van der Waals surface area (Å²) >= 11 is 1.52. The maximum absolute atomic E-state index is 12.6. The molecule has 0 aliphatic rings. The second-order valence-corrected chi connectivity index (χ2v) is 5.17. The SMILES string of the molecule is Cc1csc(CCNc2cc(C(F)(F)F)cc(N)n2)n1. The van der Waals surface area contributed by atoms with E-state index in [0.717, 1.165) is 22.8 Å². The number of nitrogens with two attached hydrogens (primary N) is 1. The Morgan fingerprint density at radius 3 is 2.65 bits per heavy atom. The first-order valence-corrected chi connectivity index (χ1v) is 6.72. The van der Waals surface area contributed by atoms with Crippen LogP contribution in [-0.2, 0) is 12.6 Å². The lowest BCUT2D eigenvalue weighted by Gasteiger charge is -2.10. The summed E-state index contributed by atoms with van der Waals surface area (Å²) in [5.41, 5.74) is 5.51. The summed E-state index contributed by atoms with van der Waals surface area (Å²) in [6, 6.07) is 1.76. The van der Waals surface area contributed by atoms with Gasteiger partial charge < -0.3 is 11.1 Å². The Morgan fingerprint density at radius 2 is 2.05 bits per heavy atom. The summed E-state index contributed by atoms with van der Waals surface area (Å²) in [7, 11) is 0. The third-order valence-electron chi connectivity index (χ3n) is 2.48. The molecule has 0 amide bonds. The molecule has 4 nitrogen and oxygen atoms in total. The molecule has 0 fully saturated rings. The van der Waals surface area contributed by atoms with E-state index in [1.54, 1.807) is 0 Å². The van der Waals surface area contributed by atoms with E-state index in [-0.39, 0.29) is 11.6 Å². The highest BCUT2D eigenvalue weighted by Crippen LogP contribution is 2.31. The van der Waals surface area contributed by atoms with Crippen LogP contribution in [0.15, 0.2) is 17.5 Å². The van der Waals surface area contributed by atoms with Crippen LogP contribution in [0.5, 0.6) is 0 Å². The number of halogens is 3. The Bertz CT molecular complexity index is 595. The molecule has 0 spiro atoms. The monoisotopic (exact) mass is 302 g/mol. The fourth-order valence-corrected chi connectivity index (χ4v) is 2.40. The average molecular weight is 302 g/mol. The van der Waals surface area contributed by atoms with Gasteiger partial charge in [-0.2, -0.15) is 13.2 Å². The Kier molecular flexibility index (Phi) is 4.12. The molecule has 0 saturated carbocycles. The summed E-state index contributed by atoms with van der Waals surface area (Å²) in [6.45, 7) is 2.34. The second kappa shape index (κ2) is 5.66. The summed E-state index contributed by atoms with van der Waals surface area (Å²) < 4.78 is 37.9. The van der Waals surface area contributed by atoms with E-state index in [2.05, 4.69) is 15.3 Å². The van der Waals surface area contributed by atoms with Crippen molar-refractivity contribution in [3.05, 3.63) is 33.8 Å². The summed E-state index contributed by atoms with van der Waals surface area (Å²) in [5.74, 6) is -0.0435. The number of thiazole rings is 1. The first-order valence-electron chi connectivity index (χ1n) is 5.84. The highest BCUT2D eigenvalue weighted by Gasteiger charge is 2.31. The van der Waals surface area contributed by atoms with Gasteiger partial charge in [-0.1, -0.05) is 0 Å². The lowest BCUT2D eigenvalue weighted by atomic mass is 10.2. The molecule has 0 aromatic carbocycles. The topological polar surface area (TPSA) is 63.8 Å². The highest BCUT2D eigenvalue weighted by atomic mass is 32.1. The molecule has 0 bridgehead atoms. The molecule has 0 unspecified atom stereocenters. The van der Waals surface area contributed by atoms with Crippen molar-refractivity contribution < 1.29 is 13.2 Å². The van der Waals surface area contributed by atoms with Crippen molar-refractivity contribution in [1.29, 1.82) is 0 Å². The van der Waals surface area contributed by atoms with Gasteiger partial charge in [-0.05, 0) is 19.1 Å². The molecule has 0 aliphatic carbocycles. The molecule has 0 radical (unpaired) electrons. The van der Waals surface area contributed by atoms with Gasteiger partial charge in [0, 0.05) is 24.0 Å². The van der Waals surface area contributed by atoms with Crippen molar-refractivity contribution in [2.24, 2.45) is 0 Å². The van der Waals surface area contributed by atoms with Crippen molar-refractivity contribution in [3.63, 3.8) is 0 Å². The number of aryl methyl sites for hydroxylation is 1. The number of nitrogens with one attached hydrogen (secondary N) is 1. The number of nitrogens with zero attached hydrogens (tertiary/aromatic N) is 2. The fourth-order valence-electron chi connectivity index (χ4n) is 1.62. The Hall–Kier alpha value is -1.83. The van der Waals surface area contributed by atoms with E-state index in [1.807, 2.05) is 12.3 Å². The van der Waals surface area contributed by atoms with Crippen molar-refractivity contribution in [3.8, 4) is 0 Å². The summed E-state index contributed by atoms with van der Waals surface area (Å²) in [6.07, 6.45) is -3.81.